The number of Topliss-reactive ketones (excluding diaryl/α,β-unsaturated/α-hetero) is 1. The Morgan fingerprint density at radius 2 is 2.00 bits per heavy atom. The van der Waals surface area contributed by atoms with E-state index in [0.717, 1.165) is 44.8 Å². The molecule has 0 saturated carbocycles. The molecule has 1 fully saturated rings. The molecule has 2 aromatic rings. The summed E-state index contributed by atoms with van der Waals surface area (Å²) in [6.45, 7) is 4.81. The summed E-state index contributed by atoms with van der Waals surface area (Å²) in [6.07, 6.45) is 0.779. The third kappa shape index (κ3) is 4.51. The Balaban J connectivity index is 1.59. The van der Waals surface area contributed by atoms with Crippen LogP contribution < -0.4 is 9.64 Å². The highest BCUT2D eigenvalue weighted by Crippen LogP contribution is 2.39. The Bertz CT molecular complexity index is 949. The lowest BCUT2D eigenvalue weighted by Gasteiger charge is -2.28. The van der Waals surface area contributed by atoms with E-state index in [-0.39, 0.29) is 11.4 Å². The van der Waals surface area contributed by atoms with E-state index in [1.54, 1.807) is 36.3 Å². The number of rotatable bonds is 8. The highest BCUT2D eigenvalue weighted by atomic mass is 32.1. The number of carbonyl (C=O) groups excluding carboxylic acids is 2. The first-order valence-electron chi connectivity index (χ1n) is 10.5. The lowest BCUT2D eigenvalue weighted by molar-refractivity contribution is -0.908. The number of amides is 1. The van der Waals surface area contributed by atoms with Gasteiger partial charge in [0.25, 0.3) is 5.91 Å². The molecule has 1 amide bonds. The summed E-state index contributed by atoms with van der Waals surface area (Å²) >= 11 is 1.30. The quantitative estimate of drug-likeness (QED) is 0.607. The monoisotopic (exact) mass is 443 g/mol. The van der Waals surface area contributed by atoms with E-state index < -0.39 is 17.7 Å². The highest BCUT2D eigenvalue weighted by Gasteiger charge is 2.43. The Kier molecular flexibility index (Phi) is 6.70. The van der Waals surface area contributed by atoms with E-state index in [1.807, 2.05) is 17.5 Å². The minimum Gasteiger partial charge on any atom is -0.503 e. The number of hydrogen-bond acceptors (Lipinski definition) is 6. The zero-order valence-corrected chi connectivity index (χ0v) is 18.3. The number of methoxy groups -OCH3 is 1. The summed E-state index contributed by atoms with van der Waals surface area (Å²) in [7, 11) is 1.59. The van der Waals surface area contributed by atoms with Crippen LogP contribution in [-0.4, -0.2) is 68.2 Å². The number of nitrogens with zero attached hydrogens (tertiary/aromatic N) is 1. The van der Waals surface area contributed by atoms with Gasteiger partial charge in [0.15, 0.2) is 5.76 Å². The van der Waals surface area contributed by atoms with Crippen LogP contribution in [0.3, 0.4) is 0 Å². The lowest BCUT2D eigenvalue weighted by Crippen LogP contribution is -3.14. The average molecular weight is 444 g/mol. The number of aliphatic hydroxyl groups is 1. The van der Waals surface area contributed by atoms with Crippen molar-refractivity contribution in [1.29, 1.82) is 0 Å². The smallest absolute Gasteiger partial charge is 0.290 e. The van der Waals surface area contributed by atoms with Crippen LogP contribution in [-0.2, 0) is 9.53 Å². The molecule has 1 unspecified atom stereocenters. The Hall–Kier alpha value is -2.68. The highest BCUT2D eigenvalue weighted by molar-refractivity contribution is 7.12. The van der Waals surface area contributed by atoms with Gasteiger partial charge in [0.2, 0.25) is 5.78 Å². The Labute approximate surface area is 185 Å². The maximum absolute atomic E-state index is 13.2. The zero-order chi connectivity index (χ0) is 21.8. The molecule has 4 rings (SSSR count). The fourth-order valence-corrected chi connectivity index (χ4v) is 4.88. The first kappa shape index (κ1) is 21.5. The number of ketones is 1. The molecule has 1 aromatic carbocycles. The van der Waals surface area contributed by atoms with Gasteiger partial charge in [-0.2, -0.15) is 0 Å². The number of carbonyl (C=O) groups is 2. The number of thiophene rings is 1. The summed E-state index contributed by atoms with van der Waals surface area (Å²) in [4.78, 5) is 29.8. The fourth-order valence-electron chi connectivity index (χ4n) is 4.20. The maximum atomic E-state index is 13.2. The SMILES string of the molecule is COc1ccc(C2C(C(=O)c3cccs3)=C(O)C(=O)N2CCC[NH+]2CCOCC2)cc1. The molecule has 0 spiro atoms. The number of benzene rings is 1. The summed E-state index contributed by atoms with van der Waals surface area (Å²) < 4.78 is 10.7. The van der Waals surface area contributed by atoms with Gasteiger partial charge in [-0.15, -0.1) is 11.3 Å². The molecule has 1 atom stereocenters. The molecule has 2 N–H and O–H groups in total. The van der Waals surface area contributed by atoms with Crippen molar-refractivity contribution in [2.24, 2.45) is 0 Å². The summed E-state index contributed by atoms with van der Waals surface area (Å²) in [6, 6.07) is 10.2. The molecule has 0 radical (unpaired) electrons. The number of nitrogens with one attached hydrogen (secondary N) is 1. The summed E-state index contributed by atoms with van der Waals surface area (Å²) in [5.41, 5.74) is 0.924. The Morgan fingerprint density at radius 3 is 2.65 bits per heavy atom. The van der Waals surface area contributed by atoms with Crippen molar-refractivity contribution in [1.82, 2.24) is 4.90 Å². The predicted molar refractivity (Wildman–Crippen MR) is 117 cm³/mol. The third-order valence-corrected chi connectivity index (χ3v) is 6.72. The van der Waals surface area contributed by atoms with E-state index in [4.69, 9.17) is 9.47 Å². The minimum atomic E-state index is -0.618. The summed E-state index contributed by atoms with van der Waals surface area (Å²) in [5.74, 6) is -0.548. The molecule has 0 bridgehead atoms. The van der Waals surface area contributed by atoms with Crippen LogP contribution >= 0.6 is 11.3 Å². The van der Waals surface area contributed by atoms with Gasteiger partial charge in [0.05, 0.1) is 43.4 Å². The van der Waals surface area contributed by atoms with Gasteiger partial charge in [-0.3, -0.25) is 9.59 Å². The number of morpholine rings is 1. The number of ether oxygens (including phenoxy) is 2. The van der Waals surface area contributed by atoms with Crippen molar-refractivity contribution < 1.29 is 29.1 Å². The van der Waals surface area contributed by atoms with Gasteiger partial charge in [-0.05, 0) is 29.1 Å². The standard InChI is InChI=1S/C23H26N2O5S/c1-29-17-7-5-16(6-8-17)20-19(21(26)18-4-2-15-31-18)22(27)23(28)25(20)10-3-9-24-11-13-30-14-12-24/h2,4-8,15,20,27H,3,9-14H2,1H3/p+1. The second kappa shape index (κ2) is 9.64. The molecule has 7 nitrogen and oxygen atoms in total. The van der Waals surface area contributed by atoms with E-state index in [2.05, 4.69) is 0 Å². The van der Waals surface area contributed by atoms with Gasteiger partial charge in [0.1, 0.15) is 18.8 Å². The molecule has 0 aliphatic carbocycles. The molecule has 8 heteroatoms. The van der Waals surface area contributed by atoms with Gasteiger partial charge in [-0.25, -0.2) is 0 Å². The molecule has 1 saturated heterocycles. The van der Waals surface area contributed by atoms with Crippen molar-refractivity contribution in [2.45, 2.75) is 12.5 Å². The lowest BCUT2D eigenvalue weighted by atomic mass is 9.95. The number of quaternary nitrogens is 1. The van der Waals surface area contributed by atoms with Crippen molar-refractivity contribution >= 4 is 23.0 Å². The van der Waals surface area contributed by atoms with Gasteiger partial charge in [0, 0.05) is 13.0 Å². The molecule has 2 aliphatic rings. The number of aliphatic hydroxyl groups excluding tert-OH is 1. The van der Waals surface area contributed by atoms with Crippen molar-refractivity contribution in [2.75, 3.05) is 46.5 Å². The van der Waals surface area contributed by atoms with Crippen LogP contribution in [0.15, 0.2) is 53.1 Å². The van der Waals surface area contributed by atoms with E-state index >= 15 is 0 Å². The number of hydrogen-bond donors (Lipinski definition) is 2. The van der Waals surface area contributed by atoms with E-state index in [9.17, 15) is 14.7 Å². The zero-order valence-electron chi connectivity index (χ0n) is 17.5. The maximum Gasteiger partial charge on any atom is 0.290 e. The summed E-state index contributed by atoms with van der Waals surface area (Å²) in [5, 5.41) is 12.5. The average Bonchev–Trinajstić information content (AvgIpc) is 3.43. The Morgan fingerprint density at radius 1 is 1.26 bits per heavy atom. The van der Waals surface area contributed by atoms with Crippen molar-refractivity contribution in [3.8, 4) is 5.75 Å². The van der Waals surface area contributed by atoms with Crippen LogP contribution in [0.5, 0.6) is 5.75 Å². The fraction of sp³-hybridized carbons (Fsp3) is 0.391. The topological polar surface area (TPSA) is 80.5 Å². The van der Waals surface area contributed by atoms with Crippen LogP contribution in [0.4, 0.5) is 0 Å². The first-order valence-corrected chi connectivity index (χ1v) is 11.4. The largest absolute Gasteiger partial charge is 0.503 e. The normalized spacial score (nSPS) is 19.8. The van der Waals surface area contributed by atoms with Gasteiger partial charge >= 0.3 is 0 Å². The van der Waals surface area contributed by atoms with Crippen LogP contribution in [0.1, 0.15) is 27.7 Å². The molecule has 3 heterocycles. The van der Waals surface area contributed by atoms with Crippen molar-refractivity contribution in [3.63, 3.8) is 0 Å². The third-order valence-electron chi connectivity index (χ3n) is 5.85. The van der Waals surface area contributed by atoms with E-state index in [1.165, 1.54) is 16.2 Å². The molecular formula is C23H27N2O5S+. The van der Waals surface area contributed by atoms with E-state index in [0.29, 0.717) is 17.2 Å². The van der Waals surface area contributed by atoms with Crippen LogP contribution in [0.25, 0.3) is 0 Å². The van der Waals surface area contributed by atoms with Gasteiger partial charge < -0.3 is 24.4 Å². The first-order chi connectivity index (χ1) is 15.1. The molecule has 2 aliphatic heterocycles. The van der Waals surface area contributed by atoms with Gasteiger partial charge in [-0.1, -0.05) is 18.2 Å². The second-order valence-corrected chi connectivity index (χ2v) is 8.66. The molecule has 1 aromatic heterocycles. The molecule has 31 heavy (non-hydrogen) atoms. The minimum absolute atomic E-state index is 0.149. The predicted octanol–water partition coefficient (Wildman–Crippen LogP) is 1.64. The van der Waals surface area contributed by atoms with Crippen molar-refractivity contribution in [3.05, 3.63) is 63.6 Å². The molecular weight excluding hydrogens is 416 g/mol. The van der Waals surface area contributed by atoms with Crippen LogP contribution in [0.2, 0.25) is 0 Å². The second-order valence-electron chi connectivity index (χ2n) is 7.71. The van der Waals surface area contributed by atoms with Crippen LogP contribution in [0, 0.1) is 0 Å². The molecule has 164 valence electrons.